The second kappa shape index (κ2) is 14.4. The van der Waals surface area contributed by atoms with Gasteiger partial charge in [-0.3, -0.25) is 25.2 Å². The van der Waals surface area contributed by atoms with Gasteiger partial charge in [0.15, 0.2) is 0 Å². The van der Waals surface area contributed by atoms with Crippen LogP contribution in [0.25, 0.3) is 11.1 Å². The Labute approximate surface area is 261 Å². The van der Waals surface area contributed by atoms with Crippen LogP contribution >= 0.6 is 0 Å². The molecule has 6 N–H and O–H groups in total. The van der Waals surface area contributed by atoms with Gasteiger partial charge in [-0.15, -0.1) is 0 Å². The molecule has 5 amide bonds. The van der Waals surface area contributed by atoms with Crippen molar-refractivity contribution in [2.75, 3.05) is 6.61 Å². The molecule has 3 aromatic carbocycles. The number of alkyl carbamates (subject to hydrolysis) is 2. The molecule has 0 aliphatic heterocycles. The maximum Gasteiger partial charge on any atom is 0.408 e. The minimum absolute atomic E-state index is 0.0234. The van der Waals surface area contributed by atoms with E-state index in [-0.39, 0.29) is 25.5 Å². The molecule has 12 nitrogen and oxygen atoms in total. The van der Waals surface area contributed by atoms with Crippen molar-refractivity contribution in [2.24, 2.45) is 5.73 Å². The number of hydrogen-bond donors (Lipinski definition) is 5. The molecule has 1 aliphatic rings. The van der Waals surface area contributed by atoms with E-state index in [9.17, 15) is 24.0 Å². The molecule has 1 aliphatic carbocycles. The molecule has 0 saturated heterocycles. The summed E-state index contributed by atoms with van der Waals surface area (Å²) in [6, 6.07) is 22.1. The normalized spacial score (nSPS) is 12.6. The average molecular weight is 616 g/mol. The SMILES string of the molecule is CC(C)(C)OC(=O)N[C@@H](Cc1cccc(CNC(=O)OCC2c3ccccc3-c3ccccc32)c1)C(=O)NNC(=O)CC(N)=O. The Hall–Kier alpha value is -5.39. The lowest BCUT2D eigenvalue weighted by atomic mass is 9.98. The summed E-state index contributed by atoms with van der Waals surface area (Å²) in [6.45, 7) is 5.38. The van der Waals surface area contributed by atoms with Crippen molar-refractivity contribution in [3.05, 3.63) is 95.1 Å². The summed E-state index contributed by atoms with van der Waals surface area (Å²) in [5.74, 6) is -2.49. The van der Waals surface area contributed by atoms with Crippen molar-refractivity contribution in [1.29, 1.82) is 0 Å². The lowest BCUT2D eigenvalue weighted by Gasteiger charge is -2.23. The summed E-state index contributed by atoms with van der Waals surface area (Å²) >= 11 is 0. The highest BCUT2D eigenvalue weighted by molar-refractivity contribution is 5.97. The highest BCUT2D eigenvalue weighted by atomic mass is 16.6. The van der Waals surface area contributed by atoms with Gasteiger partial charge in [-0.2, -0.15) is 0 Å². The van der Waals surface area contributed by atoms with Crippen molar-refractivity contribution < 1.29 is 33.4 Å². The minimum Gasteiger partial charge on any atom is -0.449 e. The summed E-state index contributed by atoms with van der Waals surface area (Å²) < 4.78 is 10.9. The van der Waals surface area contributed by atoms with Gasteiger partial charge in [0.05, 0.1) is 0 Å². The van der Waals surface area contributed by atoms with Gasteiger partial charge in [0.25, 0.3) is 5.91 Å². The summed E-state index contributed by atoms with van der Waals surface area (Å²) in [5.41, 5.74) is 14.4. The number of primary amides is 1. The van der Waals surface area contributed by atoms with Crippen LogP contribution in [-0.4, -0.2) is 48.2 Å². The lowest BCUT2D eigenvalue weighted by Crippen LogP contribution is -2.54. The van der Waals surface area contributed by atoms with Crippen LogP contribution in [0.5, 0.6) is 0 Å². The lowest BCUT2D eigenvalue weighted by molar-refractivity contribution is -0.132. The molecular weight excluding hydrogens is 578 g/mol. The zero-order valence-corrected chi connectivity index (χ0v) is 25.3. The number of hydrogen-bond acceptors (Lipinski definition) is 7. The molecule has 0 spiro atoms. The predicted octanol–water partition coefficient (Wildman–Crippen LogP) is 3.18. The molecule has 0 saturated carbocycles. The molecule has 45 heavy (non-hydrogen) atoms. The third-order valence-electron chi connectivity index (χ3n) is 6.88. The summed E-state index contributed by atoms with van der Waals surface area (Å²) in [4.78, 5) is 60.7. The van der Waals surface area contributed by atoms with Crippen molar-refractivity contribution >= 4 is 29.9 Å². The molecule has 0 radical (unpaired) electrons. The van der Waals surface area contributed by atoms with Gasteiger partial charge in [-0.1, -0.05) is 72.8 Å². The number of ether oxygens (including phenoxy) is 2. The van der Waals surface area contributed by atoms with Crippen molar-refractivity contribution in [3.8, 4) is 11.1 Å². The minimum atomic E-state index is -1.15. The van der Waals surface area contributed by atoms with E-state index in [1.807, 2.05) is 36.4 Å². The van der Waals surface area contributed by atoms with Gasteiger partial charge < -0.3 is 25.8 Å². The fraction of sp³-hybridized carbons (Fsp3) is 0.303. The first-order chi connectivity index (χ1) is 21.4. The van der Waals surface area contributed by atoms with E-state index < -0.39 is 48.0 Å². The molecule has 0 aromatic heterocycles. The first kappa shape index (κ1) is 32.5. The van der Waals surface area contributed by atoms with Crippen LogP contribution in [0.2, 0.25) is 0 Å². The number of carbonyl (C=O) groups excluding carboxylic acids is 5. The van der Waals surface area contributed by atoms with Crippen LogP contribution in [0.15, 0.2) is 72.8 Å². The number of carbonyl (C=O) groups is 5. The van der Waals surface area contributed by atoms with Crippen molar-refractivity contribution in [1.82, 2.24) is 21.5 Å². The Balaban J connectivity index is 1.35. The van der Waals surface area contributed by atoms with Gasteiger partial charge in [-0.05, 0) is 54.2 Å². The zero-order chi connectivity index (χ0) is 32.6. The molecule has 1 atom stereocenters. The summed E-state index contributed by atoms with van der Waals surface area (Å²) in [7, 11) is 0. The van der Waals surface area contributed by atoms with Gasteiger partial charge in [0.2, 0.25) is 11.8 Å². The fourth-order valence-electron chi connectivity index (χ4n) is 5.01. The Morgan fingerprint density at radius 2 is 1.44 bits per heavy atom. The van der Waals surface area contributed by atoms with Crippen LogP contribution in [-0.2, 0) is 36.8 Å². The predicted molar refractivity (Wildman–Crippen MR) is 165 cm³/mol. The number of nitrogens with one attached hydrogen (secondary N) is 4. The monoisotopic (exact) mass is 615 g/mol. The maximum absolute atomic E-state index is 12.9. The van der Waals surface area contributed by atoms with Gasteiger partial charge in [0, 0.05) is 18.9 Å². The zero-order valence-electron chi connectivity index (χ0n) is 25.3. The van der Waals surface area contributed by atoms with Crippen molar-refractivity contribution in [2.45, 2.75) is 57.7 Å². The molecule has 3 aromatic rings. The van der Waals surface area contributed by atoms with Gasteiger partial charge >= 0.3 is 12.2 Å². The number of amides is 5. The second-order valence-corrected chi connectivity index (χ2v) is 11.6. The van der Waals surface area contributed by atoms with E-state index in [0.29, 0.717) is 5.56 Å². The Bertz CT molecular complexity index is 1540. The highest BCUT2D eigenvalue weighted by Crippen LogP contribution is 2.44. The molecule has 236 valence electrons. The number of fused-ring (bicyclic) bond motifs is 3. The van der Waals surface area contributed by atoms with E-state index >= 15 is 0 Å². The van der Waals surface area contributed by atoms with E-state index in [1.54, 1.807) is 45.0 Å². The van der Waals surface area contributed by atoms with Gasteiger partial charge in [0.1, 0.15) is 24.7 Å². The maximum atomic E-state index is 12.9. The van der Waals surface area contributed by atoms with Crippen molar-refractivity contribution in [3.63, 3.8) is 0 Å². The number of rotatable bonds is 10. The van der Waals surface area contributed by atoms with Gasteiger partial charge in [-0.25, -0.2) is 9.59 Å². The molecule has 12 heteroatoms. The fourth-order valence-corrected chi connectivity index (χ4v) is 5.01. The van der Waals surface area contributed by atoms with E-state index in [2.05, 4.69) is 33.6 Å². The average Bonchev–Trinajstić information content (AvgIpc) is 3.30. The van der Waals surface area contributed by atoms with Crippen LogP contribution in [0.4, 0.5) is 9.59 Å². The molecule has 0 fully saturated rings. The smallest absolute Gasteiger partial charge is 0.408 e. The molecular formula is C33H37N5O7. The van der Waals surface area contributed by atoms with E-state index in [4.69, 9.17) is 15.2 Å². The highest BCUT2D eigenvalue weighted by Gasteiger charge is 2.29. The quantitative estimate of drug-likeness (QED) is 0.172. The van der Waals surface area contributed by atoms with Crippen LogP contribution in [0, 0.1) is 0 Å². The summed E-state index contributed by atoms with van der Waals surface area (Å²) in [5, 5.41) is 5.27. The van der Waals surface area contributed by atoms with E-state index in [1.165, 1.54) is 0 Å². The Morgan fingerprint density at radius 1 is 0.822 bits per heavy atom. The number of nitrogens with two attached hydrogens (primary N) is 1. The molecule has 0 unspecified atom stereocenters. The van der Waals surface area contributed by atoms with E-state index in [0.717, 1.165) is 27.8 Å². The topological polar surface area (TPSA) is 178 Å². The van der Waals surface area contributed by atoms with Crippen LogP contribution in [0.1, 0.15) is 55.4 Å². The number of benzene rings is 3. The second-order valence-electron chi connectivity index (χ2n) is 11.6. The first-order valence-corrected chi connectivity index (χ1v) is 14.4. The number of hydrazine groups is 1. The first-order valence-electron chi connectivity index (χ1n) is 14.4. The Kier molecular flexibility index (Phi) is 10.4. The Morgan fingerprint density at radius 3 is 2.07 bits per heavy atom. The van der Waals surface area contributed by atoms with Crippen LogP contribution < -0.4 is 27.2 Å². The largest absolute Gasteiger partial charge is 0.449 e. The summed E-state index contributed by atoms with van der Waals surface area (Å²) in [6.07, 6.45) is -2.00. The van der Waals surface area contributed by atoms with Crippen LogP contribution in [0.3, 0.4) is 0 Å². The molecule has 4 rings (SSSR count). The molecule has 0 heterocycles. The standard InChI is InChI=1S/C33H37N5O7/c1-33(2,3)45-32(43)36-27(30(41)38-37-29(40)17-28(34)39)16-20-9-8-10-21(15-20)18-35-31(42)44-19-26-24-13-6-4-11-22(24)23-12-5-7-14-25(23)26/h4-15,26-27H,16-19H2,1-3H3,(H2,34,39)(H,35,42)(H,36,43)(H,37,40)(H,38,41)/t27-/m0/s1. The molecule has 0 bridgehead atoms. The third-order valence-corrected chi connectivity index (χ3v) is 6.88. The third kappa shape index (κ3) is 9.30.